The van der Waals surface area contributed by atoms with Gasteiger partial charge in [-0.2, -0.15) is 0 Å². The number of halogens is 1. The Labute approximate surface area is 75.4 Å². The van der Waals surface area contributed by atoms with Gasteiger partial charge in [-0.25, -0.2) is 0 Å². The van der Waals surface area contributed by atoms with E-state index in [0.717, 1.165) is 11.8 Å². The van der Waals surface area contributed by atoms with Gasteiger partial charge in [-0.05, 0) is 37.8 Å². The smallest absolute Gasteiger partial charge is 0.00179 e. The highest BCUT2D eigenvalue weighted by molar-refractivity contribution is 5.85. The number of hydrogen-bond donors (Lipinski definition) is 1. The monoisotopic (exact) mass is 175 g/mol. The third-order valence-corrected chi connectivity index (χ3v) is 3.16. The zero-order chi connectivity index (χ0) is 6.81. The van der Waals surface area contributed by atoms with E-state index in [2.05, 4.69) is 5.32 Å². The van der Waals surface area contributed by atoms with Crippen LogP contribution in [-0.2, 0) is 0 Å². The highest BCUT2D eigenvalue weighted by Crippen LogP contribution is 2.33. The summed E-state index contributed by atoms with van der Waals surface area (Å²) in [7, 11) is 0. The van der Waals surface area contributed by atoms with Crippen LogP contribution in [0.4, 0.5) is 0 Å². The summed E-state index contributed by atoms with van der Waals surface area (Å²) in [5.74, 6) is 2.14. The summed E-state index contributed by atoms with van der Waals surface area (Å²) in [6.07, 6.45) is 7.46. The van der Waals surface area contributed by atoms with E-state index in [0.29, 0.717) is 0 Å². The minimum atomic E-state index is 0. The minimum absolute atomic E-state index is 0. The number of nitrogens with one attached hydrogen (secondary N) is 1. The van der Waals surface area contributed by atoms with Crippen LogP contribution in [0, 0.1) is 11.8 Å². The molecule has 1 aliphatic carbocycles. The lowest BCUT2D eigenvalue weighted by molar-refractivity contribution is 0.185. The van der Waals surface area contributed by atoms with E-state index in [4.69, 9.17) is 0 Å². The average Bonchev–Trinajstić information content (AvgIpc) is 2.05. The Morgan fingerprint density at radius 2 is 1.64 bits per heavy atom. The second kappa shape index (κ2) is 4.32. The van der Waals surface area contributed by atoms with Crippen molar-refractivity contribution in [2.45, 2.75) is 32.1 Å². The van der Waals surface area contributed by atoms with Gasteiger partial charge in [-0.15, -0.1) is 12.4 Å². The van der Waals surface area contributed by atoms with Gasteiger partial charge in [0.05, 0.1) is 0 Å². The molecule has 0 aromatic heterocycles. The molecule has 2 heteroatoms. The molecule has 11 heavy (non-hydrogen) atoms. The fraction of sp³-hybridized carbons (Fsp3) is 1.00. The maximum Gasteiger partial charge on any atom is -0.00179 e. The van der Waals surface area contributed by atoms with Crippen molar-refractivity contribution in [2.24, 2.45) is 11.8 Å². The molecule has 0 aromatic carbocycles. The fourth-order valence-electron chi connectivity index (χ4n) is 2.51. The van der Waals surface area contributed by atoms with Crippen molar-refractivity contribution in [1.82, 2.24) is 5.32 Å². The van der Waals surface area contributed by atoms with Crippen LogP contribution in [0.25, 0.3) is 0 Å². The predicted octanol–water partition coefficient (Wildman–Crippen LogP) is 2.21. The molecule has 0 bridgehead atoms. The summed E-state index contributed by atoms with van der Waals surface area (Å²) in [6.45, 7) is 2.59. The van der Waals surface area contributed by atoms with Gasteiger partial charge >= 0.3 is 0 Å². The van der Waals surface area contributed by atoms with Crippen molar-refractivity contribution >= 4 is 12.4 Å². The lowest BCUT2D eigenvalue weighted by Crippen LogP contribution is -2.38. The maximum absolute atomic E-state index is 3.48. The number of piperidine rings is 1. The Kier molecular flexibility index (Phi) is 3.67. The topological polar surface area (TPSA) is 12.0 Å². The second-order valence-electron chi connectivity index (χ2n) is 3.80. The lowest BCUT2D eigenvalue weighted by Gasteiger charge is -2.35. The van der Waals surface area contributed by atoms with Crippen LogP contribution in [0.5, 0.6) is 0 Å². The summed E-state index contributed by atoms with van der Waals surface area (Å²) in [4.78, 5) is 0. The molecule has 66 valence electrons. The van der Waals surface area contributed by atoms with Gasteiger partial charge in [0.2, 0.25) is 0 Å². The van der Waals surface area contributed by atoms with Crippen molar-refractivity contribution in [3.63, 3.8) is 0 Å². The molecule has 0 unspecified atom stereocenters. The van der Waals surface area contributed by atoms with Crippen molar-refractivity contribution < 1.29 is 0 Å². The van der Waals surface area contributed by atoms with Crippen LogP contribution in [0.1, 0.15) is 32.1 Å². The van der Waals surface area contributed by atoms with Crippen molar-refractivity contribution in [3.8, 4) is 0 Å². The Morgan fingerprint density at radius 3 is 2.36 bits per heavy atom. The highest BCUT2D eigenvalue weighted by atomic mass is 35.5. The molecule has 1 nitrogen and oxygen atoms in total. The molecule has 2 fully saturated rings. The molecule has 0 radical (unpaired) electrons. The van der Waals surface area contributed by atoms with Gasteiger partial charge in [-0.1, -0.05) is 19.3 Å². The quantitative estimate of drug-likeness (QED) is 0.596. The summed E-state index contributed by atoms with van der Waals surface area (Å²) >= 11 is 0. The van der Waals surface area contributed by atoms with Crippen LogP contribution in [0.2, 0.25) is 0 Å². The van der Waals surface area contributed by atoms with Crippen LogP contribution in [0.3, 0.4) is 0 Å². The van der Waals surface area contributed by atoms with Crippen LogP contribution >= 0.6 is 12.4 Å². The number of rotatable bonds is 0. The highest BCUT2D eigenvalue weighted by Gasteiger charge is 2.26. The van der Waals surface area contributed by atoms with Crippen molar-refractivity contribution in [1.29, 1.82) is 0 Å². The van der Waals surface area contributed by atoms with Crippen molar-refractivity contribution in [2.75, 3.05) is 13.1 Å². The fourth-order valence-corrected chi connectivity index (χ4v) is 2.51. The standard InChI is InChI=1S/C9H17N.ClH/c1-2-4-9-7-10-6-5-8(9)3-1;/h8-10H,1-7H2;1H/t8-,9+;/m1./s1. The molecule has 2 rings (SSSR count). The Bertz CT molecular complexity index is 90.1. The first-order valence-electron chi connectivity index (χ1n) is 4.67. The van der Waals surface area contributed by atoms with E-state index < -0.39 is 0 Å². The Hall–Kier alpha value is 0.250. The predicted molar refractivity (Wildman–Crippen MR) is 50.2 cm³/mol. The third-order valence-electron chi connectivity index (χ3n) is 3.16. The largest absolute Gasteiger partial charge is 0.316 e. The first kappa shape index (κ1) is 9.34. The van der Waals surface area contributed by atoms with E-state index >= 15 is 0 Å². The minimum Gasteiger partial charge on any atom is -0.316 e. The summed E-state index contributed by atoms with van der Waals surface area (Å²) in [5, 5.41) is 3.48. The molecule has 1 heterocycles. The second-order valence-corrected chi connectivity index (χ2v) is 3.80. The van der Waals surface area contributed by atoms with Gasteiger partial charge in [0.1, 0.15) is 0 Å². The molecule has 1 aliphatic heterocycles. The molecule has 0 aromatic rings. The van der Waals surface area contributed by atoms with Gasteiger partial charge in [0.25, 0.3) is 0 Å². The average molecular weight is 176 g/mol. The molecule has 0 amide bonds. The first-order valence-corrected chi connectivity index (χ1v) is 4.67. The Morgan fingerprint density at radius 1 is 0.909 bits per heavy atom. The zero-order valence-corrected chi connectivity index (χ0v) is 7.83. The zero-order valence-electron chi connectivity index (χ0n) is 7.01. The van der Waals surface area contributed by atoms with E-state index in [1.165, 1.54) is 45.2 Å². The van der Waals surface area contributed by atoms with Crippen LogP contribution < -0.4 is 5.32 Å². The summed E-state index contributed by atoms with van der Waals surface area (Å²) < 4.78 is 0. The number of hydrogen-bond acceptors (Lipinski definition) is 1. The SMILES string of the molecule is C1CC[C@H]2CNCC[C@H]2C1.Cl. The van der Waals surface area contributed by atoms with Crippen molar-refractivity contribution in [3.05, 3.63) is 0 Å². The summed E-state index contributed by atoms with van der Waals surface area (Å²) in [6, 6.07) is 0. The Balaban J connectivity index is 0.000000605. The maximum atomic E-state index is 3.48. The molecule has 0 spiro atoms. The molecule has 2 atom stereocenters. The lowest BCUT2D eigenvalue weighted by atomic mass is 9.76. The normalized spacial score (nSPS) is 37.1. The van der Waals surface area contributed by atoms with E-state index in [1.807, 2.05) is 0 Å². The molecule has 1 saturated carbocycles. The van der Waals surface area contributed by atoms with Crippen LogP contribution in [-0.4, -0.2) is 13.1 Å². The number of fused-ring (bicyclic) bond motifs is 1. The van der Waals surface area contributed by atoms with E-state index in [9.17, 15) is 0 Å². The molecular formula is C9H18ClN. The molecule has 2 aliphatic rings. The molecule has 1 saturated heterocycles. The van der Waals surface area contributed by atoms with Crippen LogP contribution in [0.15, 0.2) is 0 Å². The third kappa shape index (κ3) is 2.09. The molecular weight excluding hydrogens is 158 g/mol. The van der Waals surface area contributed by atoms with E-state index in [-0.39, 0.29) is 12.4 Å². The molecule has 1 N–H and O–H groups in total. The van der Waals surface area contributed by atoms with Gasteiger partial charge in [-0.3, -0.25) is 0 Å². The van der Waals surface area contributed by atoms with E-state index in [1.54, 1.807) is 0 Å². The summed E-state index contributed by atoms with van der Waals surface area (Å²) in [5.41, 5.74) is 0. The van der Waals surface area contributed by atoms with Gasteiger partial charge in [0.15, 0.2) is 0 Å². The first-order chi connectivity index (χ1) is 4.97. The van der Waals surface area contributed by atoms with Gasteiger partial charge < -0.3 is 5.32 Å². The van der Waals surface area contributed by atoms with Gasteiger partial charge in [0, 0.05) is 0 Å².